The number of aromatic nitrogens is 1. The van der Waals surface area contributed by atoms with Crippen molar-refractivity contribution < 1.29 is 0 Å². The number of fused-ring (bicyclic) bond motifs is 1. The first-order chi connectivity index (χ1) is 9.48. The first kappa shape index (κ1) is 15.6. The summed E-state index contributed by atoms with van der Waals surface area (Å²) in [6, 6.07) is 3.18. The van der Waals surface area contributed by atoms with Crippen LogP contribution < -0.4 is 5.73 Å². The van der Waals surface area contributed by atoms with Gasteiger partial charge >= 0.3 is 0 Å². The first-order valence-electron chi connectivity index (χ1n) is 8.43. The van der Waals surface area contributed by atoms with Crippen molar-refractivity contribution in [2.45, 2.75) is 84.7 Å². The molecule has 2 heteroatoms. The smallest absolute Gasteiger partial charge is 0.0333 e. The van der Waals surface area contributed by atoms with Crippen LogP contribution in [-0.4, -0.2) is 4.57 Å². The van der Waals surface area contributed by atoms with E-state index in [1.165, 1.54) is 49.8 Å². The highest BCUT2D eigenvalue weighted by Crippen LogP contribution is 2.41. The van der Waals surface area contributed by atoms with E-state index in [1.54, 1.807) is 0 Å². The lowest BCUT2D eigenvalue weighted by molar-refractivity contribution is 0.268. The van der Waals surface area contributed by atoms with Gasteiger partial charge in [0.05, 0.1) is 0 Å². The molecule has 0 amide bonds. The third kappa shape index (κ3) is 3.28. The first-order valence-corrected chi connectivity index (χ1v) is 8.43. The van der Waals surface area contributed by atoms with Crippen LogP contribution in [0.25, 0.3) is 0 Å². The summed E-state index contributed by atoms with van der Waals surface area (Å²) in [5, 5.41) is 0. The van der Waals surface area contributed by atoms with Gasteiger partial charge in [0, 0.05) is 24.0 Å². The van der Waals surface area contributed by atoms with Crippen molar-refractivity contribution >= 4 is 0 Å². The van der Waals surface area contributed by atoms with Gasteiger partial charge in [0.2, 0.25) is 0 Å². The second-order valence-electron chi connectivity index (χ2n) is 7.36. The zero-order valence-electron chi connectivity index (χ0n) is 13.8. The predicted molar refractivity (Wildman–Crippen MR) is 86.9 cm³/mol. The van der Waals surface area contributed by atoms with Gasteiger partial charge in [-0.1, -0.05) is 47.0 Å². The van der Waals surface area contributed by atoms with Crippen LogP contribution in [0.3, 0.4) is 0 Å². The maximum Gasteiger partial charge on any atom is 0.0333 e. The summed E-state index contributed by atoms with van der Waals surface area (Å²) in [5.41, 5.74) is 9.66. The third-order valence-electron chi connectivity index (χ3n) is 4.78. The largest absolute Gasteiger partial charge is 0.348 e. The Kier molecular flexibility index (Phi) is 4.95. The number of hydrogen-bond donors (Lipinski definition) is 1. The molecule has 1 aromatic heterocycles. The van der Waals surface area contributed by atoms with Crippen LogP contribution in [0.5, 0.6) is 0 Å². The molecule has 0 saturated heterocycles. The second kappa shape index (κ2) is 6.34. The lowest BCUT2D eigenvalue weighted by atomic mass is 9.74. The topological polar surface area (TPSA) is 30.9 Å². The summed E-state index contributed by atoms with van der Waals surface area (Å²) in [6.45, 7) is 9.29. The Balaban J connectivity index is 2.28. The maximum absolute atomic E-state index is 6.40. The van der Waals surface area contributed by atoms with Crippen molar-refractivity contribution in [3.05, 3.63) is 23.5 Å². The zero-order chi connectivity index (χ0) is 14.8. The van der Waals surface area contributed by atoms with Gasteiger partial charge in [0.1, 0.15) is 0 Å². The molecule has 1 aromatic rings. The Morgan fingerprint density at radius 2 is 2.05 bits per heavy atom. The van der Waals surface area contributed by atoms with Crippen molar-refractivity contribution in [1.82, 2.24) is 4.57 Å². The summed E-state index contributed by atoms with van der Waals surface area (Å²) in [6.07, 6.45) is 11.1. The minimum absolute atomic E-state index is 0.225. The summed E-state index contributed by atoms with van der Waals surface area (Å²) in [7, 11) is 0. The van der Waals surface area contributed by atoms with Gasteiger partial charge in [0.15, 0.2) is 0 Å². The molecule has 1 aliphatic carbocycles. The lowest BCUT2D eigenvalue weighted by Gasteiger charge is -2.36. The fourth-order valence-electron chi connectivity index (χ4n) is 3.80. The van der Waals surface area contributed by atoms with Gasteiger partial charge < -0.3 is 10.3 Å². The molecule has 0 saturated carbocycles. The Hall–Kier alpha value is -0.760. The molecular formula is C18H32N2. The summed E-state index contributed by atoms with van der Waals surface area (Å²) in [4.78, 5) is 0. The Bertz CT molecular complexity index is 431. The Labute approximate surface area is 124 Å². The molecule has 0 aromatic carbocycles. The van der Waals surface area contributed by atoms with Crippen LogP contribution in [0.15, 0.2) is 12.3 Å². The van der Waals surface area contributed by atoms with Gasteiger partial charge in [-0.3, -0.25) is 0 Å². The lowest BCUT2D eigenvalue weighted by Crippen LogP contribution is -2.31. The quantitative estimate of drug-likeness (QED) is 0.779. The van der Waals surface area contributed by atoms with Gasteiger partial charge in [-0.15, -0.1) is 0 Å². The minimum Gasteiger partial charge on any atom is -0.348 e. The molecular weight excluding hydrogens is 244 g/mol. The molecule has 2 rings (SSSR count). The van der Waals surface area contributed by atoms with Crippen molar-refractivity contribution in [2.75, 3.05) is 0 Å². The normalized spacial score (nSPS) is 22.6. The van der Waals surface area contributed by atoms with Crippen molar-refractivity contribution in [2.24, 2.45) is 11.1 Å². The highest BCUT2D eigenvalue weighted by Gasteiger charge is 2.33. The average Bonchev–Trinajstić information content (AvgIpc) is 2.76. The highest BCUT2D eigenvalue weighted by molar-refractivity contribution is 5.30. The van der Waals surface area contributed by atoms with E-state index in [4.69, 9.17) is 5.73 Å². The van der Waals surface area contributed by atoms with Gasteiger partial charge in [-0.05, 0) is 42.7 Å². The molecule has 1 aliphatic rings. The van der Waals surface area contributed by atoms with E-state index in [9.17, 15) is 0 Å². The maximum atomic E-state index is 6.40. The van der Waals surface area contributed by atoms with Crippen molar-refractivity contribution in [3.63, 3.8) is 0 Å². The molecule has 2 N–H and O–H groups in total. The fourth-order valence-corrected chi connectivity index (χ4v) is 3.80. The second-order valence-corrected chi connectivity index (χ2v) is 7.36. The van der Waals surface area contributed by atoms with Crippen molar-refractivity contribution in [1.29, 1.82) is 0 Å². The molecule has 0 aliphatic heterocycles. The zero-order valence-corrected chi connectivity index (χ0v) is 13.8. The van der Waals surface area contributed by atoms with E-state index in [0.29, 0.717) is 11.5 Å². The number of unbranched alkanes of at least 4 members (excludes halogenated alkanes) is 1. The summed E-state index contributed by atoms with van der Waals surface area (Å²) in [5.74, 6) is 0. The minimum atomic E-state index is 0.225. The van der Waals surface area contributed by atoms with E-state index in [-0.39, 0.29) is 6.04 Å². The number of nitrogens with zero attached hydrogens (tertiary/aromatic N) is 1. The van der Waals surface area contributed by atoms with E-state index in [0.717, 1.165) is 6.42 Å². The molecule has 0 fully saturated rings. The molecule has 0 radical (unpaired) electrons. The SMILES string of the molecule is CCCCC(CCC)n1ccc2c1CC(C)(C)CC2N. The molecule has 2 unspecified atom stereocenters. The highest BCUT2D eigenvalue weighted by atomic mass is 15.0. The van der Waals surface area contributed by atoms with Crippen LogP contribution in [-0.2, 0) is 6.42 Å². The van der Waals surface area contributed by atoms with Crippen LogP contribution in [0, 0.1) is 5.41 Å². The van der Waals surface area contributed by atoms with E-state index < -0.39 is 0 Å². The fraction of sp³-hybridized carbons (Fsp3) is 0.778. The Morgan fingerprint density at radius 3 is 2.70 bits per heavy atom. The van der Waals surface area contributed by atoms with E-state index in [2.05, 4.69) is 44.5 Å². The molecule has 2 nitrogen and oxygen atoms in total. The van der Waals surface area contributed by atoms with Gasteiger partial charge in [-0.2, -0.15) is 0 Å². The molecule has 0 bridgehead atoms. The van der Waals surface area contributed by atoms with Crippen LogP contribution in [0.2, 0.25) is 0 Å². The van der Waals surface area contributed by atoms with E-state index in [1.807, 2.05) is 0 Å². The number of nitrogens with two attached hydrogens (primary N) is 1. The molecule has 114 valence electrons. The molecule has 2 atom stereocenters. The Morgan fingerprint density at radius 1 is 1.30 bits per heavy atom. The standard InChI is InChI=1S/C18H32N2/c1-5-7-9-14(8-6-2)20-11-10-15-16(19)12-18(3,4)13-17(15)20/h10-11,14,16H,5-9,12-13,19H2,1-4H3. The monoisotopic (exact) mass is 276 g/mol. The third-order valence-corrected chi connectivity index (χ3v) is 4.78. The molecule has 20 heavy (non-hydrogen) atoms. The van der Waals surface area contributed by atoms with Gasteiger partial charge in [0.25, 0.3) is 0 Å². The molecule has 0 spiro atoms. The van der Waals surface area contributed by atoms with Crippen LogP contribution in [0.1, 0.15) is 89.6 Å². The summed E-state index contributed by atoms with van der Waals surface area (Å²) >= 11 is 0. The van der Waals surface area contributed by atoms with E-state index >= 15 is 0 Å². The van der Waals surface area contributed by atoms with Crippen LogP contribution >= 0.6 is 0 Å². The number of hydrogen-bond acceptors (Lipinski definition) is 1. The van der Waals surface area contributed by atoms with Crippen molar-refractivity contribution in [3.8, 4) is 0 Å². The number of rotatable bonds is 6. The predicted octanol–water partition coefficient (Wildman–Crippen LogP) is 4.99. The molecule has 1 heterocycles. The average molecular weight is 276 g/mol. The summed E-state index contributed by atoms with van der Waals surface area (Å²) < 4.78 is 2.56. The van der Waals surface area contributed by atoms with Gasteiger partial charge in [-0.25, -0.2) is 0 Å². The van der Waals surface area contributed by atoms with Crippen LogP contribution in [0.4, 0.5) is 0 Å².